The van der Waals surface area contributed by atoms with Crippen LogP contribution < -0.4 is 0 Å². The normalized spacial score (nSPS) is 10.3. The van der Waals surface area contributed by atoms with Crippen LogP contribution in [0, 0.1) is 0 Å². The maximum atomic E-state index is 11.4. The van der Waals surface area contributed by atoms with Crippen molar-refractivity contribution in [1.82, 2.24) is 10.2 Å². The number of carbonyl (C=O) groups is 1. The molecule has 5 heteroatoms. The van der Waals surface area contributed by atoms with E-state index in [4.69, 9.17) is 16.3 Å². The molecule has 0 radical (unpaired) electrons. The highest BCUT2D eigenvalue weighted by Crippen LogP contribution is 2.18. The third kappa shape index (κ3) is 2.90. The molecule has 0 bridgehead atoms. The second-order valence-corrected chi connectivity index (χ2v) is 4.17. The summed E-state index contributed by atoms with van der Waals surface area (Å²) in [7, 11) is 0. The average Bonchev–Trinajstić information content (AvgIpc) is 2.81. The average molecular weight is 265 g/mol. The Morgan fingerprint density at radius 3 is 2.94 bits per heavy atom. The summed E-state index contributed by atoms with van der Waals surface area (Å²) in [5, 5.41) is 7.43. The number of rotatable bonds is 4. The van der Waals surface area contributed by atoms with E-state index in [1.54, 1.807) is 13.0 Å². The number of nitrogens with zero attached hydrogens (tertiary/aromatic N) is 1. The maximum absolute atomic E-state index is 11.4. The van der Waals surface area contributed by atoms with Crippen molar-refractivity contribution in [3.63, 3.8) is 0 Å². The van der Waals surface area contributed by atoms with E-state index in [0.717, 1.165) is 11.3 Å². The van der Waals surface area contributed by atoms with Gasteiger partial charge >= 0.3 is 5.97 Å². The van der Waals surface area contributed by atoms with Gasteiger partial charge in [0, 0.05) is 17.1 Å². The monoisotopic (exact) mass is 264 g/mol. The second kappa shape index (κ2) is 5.69. The molecule has 2 rings (SSSR count). The minimum atomic E-state index is -0.417. The van der Waals surface area contributed by atoms with Crippen LogP contribution in [0.2, 0.25) is 5.02 Å². The molecule has 1 aromatic heterocycles. The van der Waals surface area contributed by atoms with Gasteiger partial charge in [0.15, 0.2) is 5.69 Å². The maximum Gasteiger partial charge on any atom is 0.358 e. The lowest BCUT2D eigenvalue weighted by Crippen LogP contribution is -2.04. The van der Waals surface area contributed by atoms with Crippen LogP contribution in [-0.2, 0) is 11.2 Å². The molecule has 1 heterocycles. The van der Waals surface area contributed by atoms with Gasteiger partial charge in [0.05, 0.1) is 6.61 Å². The van der Waals surface area contributed by atoms with Crippen molar-refractivity contribution < 1.29 is 9.53 Å². The standard InChI is InChI=1S/C13H13ClN2O2/c1-2-18-13(17)12-8-10(15-16-12)7-9-5-3-4-6-11(9)14/h3-6,8H,2,7H2,1H3,(H,15,16). The van der Waals surface area contributed by atoms with E-state index in [1.165, 1.54) is 0 Å². The van der Waals surface area contributed by atoms with Crippen LogP contribution in [0.3, 0.4) is 0 Å². The first kappa shape index (κ1) is 12.6. The minimum absolute atomic E-state index is 0.291. The zero-order valence-electron chi connectivity index (χ0n) is 9.94. The van der Waals surface area contributed by atoms with Crippen LogP contribution in [0.4, 0.5) is 0 Å². The summed E-state index contributed by atoms with van der Waals surface area (Å²) in [6.07, 6.45) is 0.603. The Labute approximate surface area is 110 Å². The van der Waals surface area contributed by atoms with Gasteiger partial charge in [-0.15, -0.1) is 0 Å². The van der Waals surface area contributed by atoms with Crippen LogP contribution in [0.5, 0.6) is 0 Å². The minimum Gasteiger partial charge on any atom is -0.461 e. The SMILES string of the molecule is CCOC(=O)c1cc(Cc2ccccc2Cl)[nH]n1. The predicted octanol–water partition coefficient (Wildman–Crippen LogP) is 2.83. The lowest BCUT2D eigenvalue weighted by Gasteiger charge is -2.00. The van der Waals surface area contributed by atoms with Gasteiger partial charge in [0.1, 0.15) is 0 Å². The molecular formula is C13H13ClN2O2. The van der Waals surface area contributed by atoms with Gasteiger partial charge in [-0.2, -0.15) is 5.10 Å². The van der Waals surface area contributed by atoms with Crippen molar-refractivity contribution in [2.75, 3.05) is 6.61 Å². The van der Waals surface area contributed by atoms with Crippen LogP contribution >= 0.6 is 11.6 Å². The van der Waals surface area contributed by atoms with E-state index in [9.17, 15) is 4.79 Å². The Morgan fingerprint density at radius 2 is 2.22 bits per heavy atom. The molecular weight excluding hydrogens is 252 g/mol. The molecule has 1 aromatic carbocycles. The number of benzene rings is 1. The van der Waals surface area contributed by atoms with Crippen molar-refractivity contribution >= 4 is 17.6 Å². The summed E-state index contributed by atoms with van der Waals surface area (Å²) in [5.41, 5.74) is 2.10. The number of hydrogen-bond acceptors (Lipinski definition) is 3. The predicted molar refractivity (Wildman–Crippen MR) is 68.8 cm³/mol. The highest BCUT2D eigenvalue weighted by molar-refractivity contribution is 6.31. The fraction of sp³-hybridized carbons (Fsp3) is 0.231. The Morgan fingerprint density at radius 1 is 1.44 bits per heavy atom. The topological polar surface area (TPSA) is 55.0 Å². The molecule has 1 N–H and O–H groups in total. The molecule has 18 heavy (non-hydrogen) atoms. The first-order valence-electron chi connectivity index (χ1n) is 5.65. The molecule has 0 atom stereocenters. The Hall–Kier alpha value is -1.81. The molecule has 0 saturated heterocycles. The number of aromatic amines is 1. The van der Waals surface area contributed by atoms with Crippen LogP contribution in [0.1, 0.15) is 28.7 Å². The summed E-state index contributed by atoms with van der Waals surface area (Å²) < 4.78 is 4.87. The fourth-order valence-corrected chi connectivity index (χ4v) is 1.81. The number of hydrogen-bond donors (Lipinski definition) is 1. The van der Waals surface area contributed by atoms with Gasteiger partial charge in [-0.25, -0.2) is 4.79 Å². The van der Waals surface area contributed by atoms with E-state index in [-0.39, 0.29) is 0 Å². The lowest BCUT2D eigenvalue weighted by atomic mass is 10.1. The Kier molecular flexibility index (Phi) is 3.99. The van der Waals surface area contributed by atoms with Crippen LogP contribution in [0.25, 0.3) is 0 Å². The third-order valence-corrected chi connectivity index (χ3v) is 2.82. The second-order valence-electron chi connectivity index (χ2n) is 3.77. The highest BCUT2D eigenvalue weighted by atomic mass is 35.5. The zero-order valence-corrected chi connectivity index (χ0v) is 10.7. The molecule has 0 aliphatic heterocycles. The molecule has 0 spiro atoms. The quantitative estimate of drug-likeness (QED) is 0.864. The molecule has 0 unspecified atom stereocenters. The summed E-state index contributed by atoms with van der Waals surface area (Å²) >= 11 is 6.07. The largest absolute Gasteiger partial charge is 0.461 e. The van der Waals surface area contributed by atoms with Gasteiger partial charge in [-0.1, -0.05) is 29.8 Å². The van der Waals surface area contributed by atoms with E-state index < -0.39 is 5.97 Å². The number of carbonyl (C=O) groups excluding carboxylic acids is 1. The van der Waals surface area contributed by atoms with E-state index in [1.807, 2.05) is 24.3 Å². The van der Waals surface area contributed by atoms with Gasteiger partial charge in [-0.3, -0.25) is 5.10 Å². The number of esters is 1. The molecule has 94 valence electrons. The summed E-state index contributed by atoms with van der Waals surface area (Å²) in [6.45, 7) is 2.10. The smallest absolute Gasteiger partial charge is 0.358 e. The van der Waals surface area contributed by atoms with E-state index in [2.05, 4.69) is 10.2 Å². The zero-order chi connectivity index (χ0) is 13.0. The molecule has 4 nitrogen and oxygen atoms in total. The molecule has 2 aromatic rings. The van der Waals surface area contributed by atoms with Gasteiger partial charge in [0.2, 0.25) is 0 Å². The highest BCUT2D eigenvalue weighted by Gasteiger charge is 2.11. The van der Waals surface area contributed by atoms with Crippen molar-refractivity contribution in [3.05, 3.63) is 52.3 Å². The van der Waals surface area contributed by atoms with E-state index >= 15 is 0 Å². The van der Waals surface area contributed by atoms with Gasteiger partial charge < -0.3 is 4.74 Å². The molecule has 0 fully saturated rings. The van der Waals surface area contributed by atoms with Crippen molar-refractivity contribution in [2.45, 2.75) is 13.3 Å². The first-order valence-corrected chi connectivity index (χ1v) is 6.03. The number of ether oxygens (including phenoxy) is 1. The summed E-state index contributed by atoms with van der Waals surface area (Å²) in [4.78, 5) is 11.4. The molecule has 0 aliphatic carbocycles. The third-order valence-electron chi connectivity index (χ3n) is 2.45. The lowest BCUT2D eigenvalue weighted by molar-refractivity contribution is 0.0519. The van der Waals surface area contributed by atoms with E-state index in [0.29, 0.717) is 23.7 Å². The van der Waals surface area contributed by atoms with Crippen LogP contribution in [-0.4, -0.2) is 22.8 Å². The number of nitrogens with one attached hydrogen (secondary N) is 1. The number of aromatic nitrogens is 2. The Bertz CT molecular complexity index is 551. The molecule has 0 saturated carbocycles. The van der Waals surface area contributed by atoms with Crippen molar-refractivity contribution in [3.8, 4) is 0 Å². The summed E-state index contributed by atoms with van der Waals surface area (Å²) in [5.74, 6) is -0.417. The fourth-order valence-electron chi connectivity index (χ4n) is 1.61. The van der Waals surface area contributed by atoms with Crippen LogP contribution in [0.15, 0.2) is 30.3 Å². The van der Waals surface area contributed by atoms with Crippen molar-refractivity contribution in [2.24, 2.45) is 0 Å². The van der Waals surface area contributed by atoms with Crippen molar-refractivity contribution in [1.29, 1.82) is 0 Å². The molecule has 0 aliphatic rings. The summed E-state index contributed by atoms with van der Waals surface area (Å²) in [6, 6.07) is 9.25. The van der Waals surface area contributed by atoms with Gasteiger partial charge in [0.25, 0.3) is 0 Å². The first-order chi connectivity index (χ1) is 8.70. The number of halogens is 1. The Balaban J connectivity index is 2.12. The molecule has 0 amide bonds. The van der Waals surface area contributed by atoms with Gasteiger partial charge in [-0.05, 0) is 24.6 Å². The number of H-pyrrole nitrogens is 1.